The van der Waals surface area contributed by atoms with Crippen molar-refractivity contribution in [3.8, 4) is 0 Å². The summed E-state index contributed by atoms with van der Waals surface area (Å²) in [6.07, 6.45) is 35.6. The van der Waals surface area contributed by atoms with Crippen molar-refractivity contribution in [1.82, 2.24) is 5.32 Å². The molecule has 1 amide bonds. The fourth-order valence-electron chi connectivity index (χ4n) is 10.8. The Labute approximate surface area is 451 Å². The van der Waals surface area contributed by atoms with Crippen molar-refractivity contribution < 1.29 is 64.6 Å². The third-order valence-electron chi connectivity index (χ3n) is 15.8. The van der Waals surface area contributed by atoms with E-state index in [1.54, 1.807) is 0 Å². The van der Waals surface area contributed by atoms with Crippen LogP contribution in [0.2, 0.25) is 0 Å². The minimum atomic E-state index is -1.78. The summed E-state index contributed by atoms with van der Waals surface area (Å²) in [6.45, 7) is 2.88. The lowest BCUT2D eigenvalue weighted by atomic mass is 9.97. The molecule has 0 bridgehead atoms. The lowest BCUT2D eigenvalue weighted by Crippen LogP contribution is -2.65. The minimum Gasteiger partial charge on any atom is -0.394 e. The lowest BCUT2D eigenvalue weighted by Gasteiger charge is -2.46. The first-order valence-electron chi connectivity index (χ1n) is 31.3. The van der Waals surface area contributed by atoms with E-state index in [4.69, 9.17) is 18.9 Å². The Morgan fingerprint density at radius 2 is 0.770 bits per heavy atom. The summed E-state index contributed by atoms with van der Waals surface area (Å²) in [5.74, 6) is -0.203. The molecule has 2 aliphatic heterocycles. The Kier molecular flexibility index (Phi) is 43.8. The van der Waals surface area contributed by atoms with E-state index < -0.39 is 86.8 Å². The van der Waals surface area contributed by atoms with E-state index in [-0.39, 0.29) is 12.5 Å². The summed E-state index contributed by atoms with van der Waals surface area (Å²) in [5.41, 5.74) is 0. The Balaban J connectivity index is 1.64. The van der Waals surface area contributed by atoms with Crippen LogP contribution in [-0.4, -0.2) is 140 Å². The third-order valence-corrected chi connectivity index (χ3v) is 15.8. The van der Waals surface area contributed by atoms with Gasteiger partial charge in [0.25, 0.3) is 0 Å². The van der Waals surface area contributed by atoms with Crippen LogP contribution in [0, 0.1) is 0 Å². The van der Waals surface area contributed by atoms with Gasteiger partial charge in [0.2, 0.25) is 5.91 Å². The number of nitrogens with one attached hydrogen (secondary N) is 1. The van der Waals surface area contributed by atoms with Crippen LogP contribution in [0.25, 0.3) is 0 Å². The Morgan fingerprint density at radius 1 is 0.432 bits per heavy atom. The molecule has 14 heteroatoms. The Bertz CT molecular complexity index is 1250. The SMILES string of the molecule is CCCCCCCCCCCCCCCCCCCCCCCCCCCCCCCC(O)C(COC1OC(CO)C(OC2OC(CO)C(O)C(O)C2O)C(O)C1O)NC(=O)CCCCCCCCCCCCC. The molecule has 0 spiro atoms. The number of aliphatic hydroxyl groups is 8. The standard InChI is InChI=1S/C60H117NO13/c1-3-5-7-9-11-13-15-16-17-18-19-20-21-22-23-24-25-26-27-28-29-30-31-32-34-35-37-39-41-43-49(64)48(61-52(65)44-42-40-38-36-33-14-12-10-8-6-4-2)47-71-59-57(70)55(68)58(51(46-63)73-59)74-60-56(69)54(67)53(66)50(45-62)72-60/h48-51,53-60,62-64,66-70H,3-47H2,1-2H3,(H,61,65). The van der Waals surface area contributed by atoms with Gasteiger partial charge in [0, 0.05) is 6.42 Å². The van der Waals surface area contributed by atoms with Crippen LogP contribution < -0.4 is 5.32 Å². The quantitative estimate of drug-likeness (QED) is 0.0259. The highest BCUT2D eigenvalue weighted by Crippen LogP contribution is 2.30. The molecule has 0 aromatic heterocycles. The van der Waals surface area contributed by atoms with E-state index in [1.807, 2.05) is 0 Å². The largest absolute Gasteiger partial charge is 0.394 e. The van der Waals surface area contributed by atoms with Crippen LogP contribution in [0.4, 0.5) is 0 Å². The number of hydrogen-bond acceptors (Lipinski definition) is 13. The second kappa shape index (κ2) is 46.9. The van der Waals surface area contributed by atoms with Crippen LogP contribution in [0.1, 0.15) is 284 Å². The van der Waals surface area contributed by atoms with Gasteiger partial charge >= 0.3 is 0 Å². The maximum atomic E-state index is 13.2. The number of aliphatic hydroxyl groups excluding tert-OH is 8. The van der Waals surface area contributed by atoms with E-state index in [0.29, 0.717) is 12.8 Å². The highest BCUT2D eigenvalue weighted by Gasteiger charge is 2.51. The van der Waals surface area contributed by atoms with Gasteiger partial charge in [-0.1, -0.05) is 264 Å². The molecule has 9 N–H and O–H groups in total. The topological polar surface area (TPSA) is 228 Å². The van der Waals surface area contributed by atoms with E-state index >= 15 is 0 Å². The van der Waals surface area contributed by atoms with Crippen LogP contribution >= 0.6 is 0 Å². The first-order chi connectivity index (χ1) is 36.1. The Hall–Kier alpha value is -1.01. The van der Waals surface area contributed by atoms with Crippen molar-refractivity contribution in [2.45, 2.75) is 357 Å². The second-order valence-corrected chi connectivity index (χ2v) is 22.6. The molecular weight excluding hydrogens is 943 g/mol. The summed E-state index contributed by atoms with van der Waals surface area (Å²) in [4.78, 5) is 13.2. The molecule has 0 aromatic carbocycles. The molecule has 440 valence electrons. The van der Waals surface area contributed by atoms with Gasteiger partial charge in [0.05, 0.1) is 32.0 Å². The van der Waals surface area contributed by atoms with Gasteiger partial charge in [0.15, 0.2) is 12.6 Å². The van der Waals surface area contributed by atoms with Crippen LogP contribution in [-0.2, 0) is 23.7 Å². The predicted octanol–water partition coefficient (Wildman–Crippen LogP) is 10.9. The molecule has 0 radical (unpaired) electrons. The molecule has 0 saturated carbocycles. The van der Waals surface area contributed by atoms with Crippen molar-refractivity contribution in [1.29, 1.82) is 0 Å². The predicted molar refractivity (Wildman–Crippen MR) is 296 cm³/mol. The monoisotopic (exact) mass is 1060 g/mol. The zero-order chi connectivity index (χ0) is 53.9. The number of amides is 1. The maximum Gasteiger partial charge on any atom is 0.220 e. The molecule has 2 heterocycles. The number of hydrogen-bond donors (Lipinski definition) is 9. The van der Waals surface area contributed by atoms with E-state index in [2.05, 4.69) is 19.2 Å². The van der Waals surface area contributed by atoms with Crippen molar-refractivity contribution in [2.75, 3.05) is 19.8 Å². The first kappa shape index (κ1) is 69.1. The molecule has 2 aliphatic rings. The van der Waals surface area contributed by atoms with Crippen molar-refractivity contribution in [2.24, 2.45) is 0 Å². The van der Waals surface area contributed by atoms with E-state index in [0.717, 1.165) is 51.4 Å². The van der Waals surface area contributed by atoms with Gasteiger partial charge in [-0.05, 0) is 12.8 Å². The third kappa shape index (κ3) is 32.2. The molecule has 12 atom stereocenters. The number of unbranched alkanes of at least 4 members (excludes halogenated alkanes) is 38. The molecule has 74 heavy (non-hydrogen) atoms. The number of rotatable bonds is 51. The van der Waals surface area contributed by atoms with Gasteiger partial charge < -0.3 is 65.1 Å². The molecule has 2 rings (SSSR count). The highest BCUT2D eigenvalue weighted by atomic mass is 16.7. The normalized spacial score (nSPS) is 25.1. The fraction of sp³-hybridized carbons (Fsp3) is 0.983. The number of carbonyl (C=O) groups is 1. The first-order valence-corrected chi connectivity index (χ1v) is 31.3. The second-order valence-electron chi connectivity index (χ2n) is 22.6. The minimum absolute atomic E-state index is 0.203. The fourth-order valence-corrected chi connectivity index (χ4v) is 10.8. The smallest absolute Gasteiger partial charge is 0.220 e. The molecule has 2 fully saturated rings. The van der Waals surface area contributed by atoms with Gasteiger partial charge in [-0.2, -0.15) is 0 Å². The Morgan fingerprint density at radius 3 is 1.15 bits per heavy atom. The average molecular weight is 1060 g/mol. The van der Waals surface area contributed by atoms with Gasteiger partial charge in [-0.25, -0.2) is 0 Å². The zero-order valence-corrected chi connectivity index (χ0v) is 47.4. The highest BCUT2D eigenvalue weighted by molar-refractivity contribution is 5.76. The molecule has 2 saturated heterocycles. The molecule has 0 aromatic rings. The summed E-state index contributed by atoms with van der Waals surface area (Å²) < 4.78 is 22.8. The van der Waals surface area contributed by atoms with Gasteiger partial charge in [0.1, 0.15) is 48.8 Å². The number of carbonyl (C=O) groups excluding carboxylic acids is 1. The van der Waals surface area contributed by atoms with Gasteiger partial charge in [-0.15, -0.1) is 0 Å². The van der Waals surface area contributed by atoms with Crippen LogP contribution in [0.5, 0.6) is 0 Å². The summed E-state index contributed by atoms with van der Waals surface area (Å²) in [7, 11) is 0. The van der Waals surface area contributed by atoms with Crippen LogP contribution in [0.3, 0.4) is 0 Å². The average Bonchev–Trinajstić information content (AvgIpc) is 3.40. The lowest BCUT2D eigenvalue weighted by molar-refractivity contribution is -0.359. The van der Waals surface area contributed by atoms with Crippen molar-refractivity contribution >= 4 is 5.91 Å². The van der Waals surface area contributed by atoms with Gasteiger partial charge in [-0.3, -0.25) is 4.79 Å². The molecular formula is C60H117NO13. The molecule has 12 unspecified atom stereocenters. The van der Waals surface area contributed by atoms with Crippen molar-refractivity contribution in [3.63, 3.8) is 0 Å². The van der Waals surface area contributed by atoms with E-state index in [1.165, 1.54) is 205 Å². The maximum absolute atomic E-state index is 13.2. The molecule has 14 nitrogen and oxygen atoms in total. The van der Waals surface area contributed by atoms with Crippen LogP contribution in [0.15, 0.2) is 0 Å². The van der Waals surface area contributed by atoms with E-state index in [9.17, 15) is 45.6 Å². The summed E-state index contributed by atoms with van der Waals surface area (Å²) >= 11 is 0. The molecule has 0 aliphatic carbocycles. The number of ether oxygens (including phenoxy) is 4. The summed E-state index contributed by atoms with van der Waals surface area (Å²) in [5, 5.41) is 87.2. The van der Waals surface area contributed by atoms with Crippen molar-refractivity contribution in [3.05, 3.63) is 0 Å². The zero-order valence-electron chi connectivity index (χ0n) is 47.4. The summed E-state index contributed by atoms with van der Waals surface area (Å²) in [6, 6.07) is -0.822.